The van der Waals surface area contributed by atoms with Crippen molar-refractivity contribution in [3.05, 3.63) is 99.4 Å². The molecule has 202 valence electrons. The summed E-state index contributed by atoms with van der Waals surface area (Å²) in [6.07, 6.45) is 1.98. The molecule has 1 N–H and O–H groups in total. The van der Waals surface area contributed by atoms with E-state index in [4.69, 9.17) is 0 Å². The van der Waals surface area contributed by atoms with E-state index >= 15 is 0 Å². The minimum Gasteiger partial charge on any atom is -0.354 e. The molecule has 38 heavy (non-hydrogen) atoms. The summed E-state index contributed by atoms with van der Waals surface area (Å²) in [6.45, 7) is 1.87. The molecule has 0 heterocycles. The van der Waals surface area contributed by atoms with Crippen molar-refractivity contribution in [2.45, 2.75) is 32.4 Å². The van der Waals surface area contributed by atoms with Gasteiger partial charge >= 0.3 is 0 Å². The maximum Gasteiger partial charge on any atom is 0.244 e. The molecule has 0 saturated carbocycles. The normalized spacial score (nSPS) is 12.0. The van der Waals surface area contributed by atoms with Gasteiger partial charge in [0.15, 0.2) is 0 Å². The van der Waals surface area contributed by atoms with Crippen LogP contribution in [0.15, 0.2) is 78.9 Å². The number of anilines is 1. The lowest BCUT2D eigenvalue weighted by molar-refractivity contribution is -0.140. The smallest absolute Gasteiger partial charge is 0.244 e. The number of amides is 2. The fourth-order valence-corrected chi connectivity index (χ4v) is 5.14. The van der Waals surface area contributed by atoms with Crippen LogP contribution in [0, 0.1) is 9.39 Å². The van der Waals surface area contributed by atoms with Crippen molar-refractivity contribution in [2.75, 3.05) is 23.7 Å². The molecule has 0 spiro atoms. The average molecular weight is 652 g/mol. The number of sulfonamides is 1. The molecular weight excluding hydrogens is 620 g/mol. The van der Waals surface area contributed by atoms with Crippen LogP contribution in [0.1, 0.15) is 24.5 Å². The zero-order chi connectivity index (χ0) is 27.7. The number of hydrogen-bond donors (Lipinski definition) is 1. The van der Waals surface area contributed by atoms with Crippen LogP contribution < -0.4 is 9.62 Å². The fraction of sp³-hybridized carbons (Fsp3) is 0.286. The third-order valence-electron chi connectivity index (χ3n) is 5.88. The number of halogens is 2. The highest BCUT2D eigenvalue weighted by molar-refractivity contribution is 14.1. The zero-order valence-corrected chi connectivity index (χ0v) is 24.3. The number of benzene rings is 3. The molecule has 7 nitrogen and oxygen atoms in total. The Morgan fingerprint density at radius 1 is 0.947 bits per heavy atom. The summed E-state index contributed by atoms with van der Waals surface area (Å²) in [5.74, 6) is -1.31. The predicted octanol–water partition coefficient (Wildman–Crippen LogP) is 4.36. The minimum atomic E-state index is -3.82. The van der Waals surface area contributed by atoms with E-state index in [0.29, 0.717) is 24.2 Å². The highest BCUT2D eigenvalue weighted by atomic mass is 127. The van der Waals surface area contributed by atoms with Crippen molar-refractivity contribution in [3.63, 3.8) is 0 Å². The molecule has 3 aromatic rings. The van der Waals surface area contributed by atoms with Crippen LogP contribution in [0.25, 0.3) is 0 Å². The molecule has 0 radical (unpaired) electrons. The van der Waals surface area contributed by atoms with Crippen LogP contribution in [-0.2, 0) is 32.6 Å². The predicted molar refractivity (Wildman–Crippen MR) is 156 cm³/mol. The number of rotatable bonds is 12. The van der Waals surface area contributed by atoms with E-state index in [1.165, 1.54) is 17.0 Å². The summed E-state index contributed by atoms with van der Waals surface area (Å²) in [7, 11) is -3.82. The topological polar surface area (TPSA) is 86.8 Å². The molecular formula is C28H31FIN3O4S. The van der Waals surface area contributed by atoms with Crippen molar-refractivity contribution < 1.29 is 22.4 Å². The molecule has 0 fully saturated rings. The Balaban J connectivity index is 2.02. The Hall–Kier alpha value is -2.99. The Kier molecular flexibility index (Phi) is 10.7. The number of nitrogens with one attached hydrogen (secondary N) is 1. The van der Waals surface area contributed by atoms with Crippen molar-refractivity contribution in [2.24, 2.45) is 0 Å². The summed E-state index contributed by atoms with van der Waals surface area (Å²) in [6, 6.07) is 20.8. The molecule has 2 amide bonds. The summed E-state index contributed by atoms with van der Waals surface area (Å²) in [5.41, 5.74) is 1.80. The Labute approximate surface area is 237 Å². The fourth-order valence-electron chi connectivity index (χ4n) is 3.93. The molecule has 1 atom stereocenters. The average Bonchev–Trinajstić information content (AvgIpc) is 2.89. The lowest BCUT2D eigenvalue weighted by atomic mass is 10.0. The second-order valence-electron chi connectivity index (χ2n) is 8.89. The van der Waals surface area contributed by atoms with Crippen LogP contribution in [0.5, 0.6) is 0 Å². The third kappa shape index (κ3) is 8.52. The van der Waals surface area contributed by atoms with Gasteiger partial charge in [-0.25, -0.2) is 12.8 Å². The van der Waals surface area contributed by atoms with Crippen molar-refractivity contribution in [3.8, 4) is 0 Å². The Morgan fingerprint density at radius 3 is 2.16 bits per heavy atom. The molecule has 0 unspecified atom stereocenters. The zero-order valence-electron chi connectivity index (χ0n) is 21.3. The van der Waals surface area contributed by atoms with E-state index in [2.05, 4.69) is 27.9 Å². The van der Waals surface area contributed by atoms with Gasteiger partial charge in [-0.1, -0.05) is 49.4 Å². The van der Waals surface area contributed by atoms with Crippen LogP contribution in [0.3, 0.4) is 0 Å². The van der Waals surface area contributed by atoms with E-state index in [9.17, 15) is 22.4 Å². The van der Waals surface area contributed by atoms with E-state index in [-0.39, 0.29) is 18.9 Å². The van der Waals surface area contributed by atoms with Gasteiger partial charge in [0, 0.05) is 23.1 Å². The standard InChI is InChI=1S/C28H31FIN3O4S/c1-3-17-31-28(35)26(18-21-7-5-4-6-8-21)32(19-22-9-11-23(29)12-10-22)27(34)20-33(38(2,36)37)25-15-13-24(30)14-16-25/h4-16,26H,3,17-20H2,1-2H3,(H,31,35)/t26-/m0/s1. The number of carbonyl (C=O) groups excluding carboxylic acids is 2. The minimum absolute atomic E-state index is 0.000445. The molecule has 0 aliphatic rings. The van der Waals surface area contributed by atoms with Gasteiger partial charge in [-0.05, 0) is 76.5 Å². The second kappa shape index (κ2) is 13.7. The summed E-state index contributed by atoms with van der Waals surface area (Å²) >= 11 is 2.11. The van der Waals surface area contributed by atoms with Gasteiger partial charge in [0.1, 0.15) is 18.4 Å². The monoisotopic (exact) mass is 651 g/mol. The SMILES string of the molecule is CCCNC(=O)[C@H](Cc1ccccc1)N(Cc1ccc(F)cc1)C(=O)CN(c1ccc(I)cc1)S(C)(=O)=O. The van der Waals surface area contributed by atoms with E-state index in [0.717, 1.165) is 19.7 Å². The van der Waals surface area contributed by atoms with Gasteiger partial charge in [0.05, 0.1) is 11.9 Å². The summed E-state index contributed by atoms with van der Waals surface area (Å²) in [5, 5.41) is 2.88. The summed E-state index contributed by atoms with van der Waals surface area (Å²) in [4.78, 5) is 28.7. The van der Waals surface area contributed by atoms with E-state index < -0.39 is 34.3 Å². The Morgan fingerprint density at radius 2 is 1.58 bits per heavy atom. The summed E-state index contributed by atoms with van der Waals surface area (Å²) < 4.78 is 41.0. The van der Waals surface area contributed by atoms with Crippen LogP contribution >= 0.6 is 22.6 Å². The molecule has 0 aromatic heterocycles. The second-order valence-corrected chi connectivity index (χ2v) is 12.0. The lowest BCUT2D eigenvalue weighted by Crippen LogP contribution is -2.53. The molecule has 0 aliphatic carbocycles. The van der Waals surface area contributed by atoms with Crippen molar-refractivity contribution in [1.29, 1.82) is 0 Å². The van der Waals surface area contributed by atoms with Crippen LogP contribution in [0.2, 0.25) is 0 Å². The maximum absolute atomic E-state index is 13.9. The Bertz CT molecular complexity index is 1320. The number of carbonyl (C=O) groups is 2. The quantitative estimate of drug-likeness (QED) is 0.295. The highest BCUT2D eigenvalue weighted by Gasteiger charge is 2.32. The molecule has 3 aromatic carbocycles. The molecule has 0 aliphatic heterocycles. The number of nitrogens with zero attached hydrogens (tertiary/aromatic N) is 2. The first-order chi connectivity index (χ1) is 18.1. The van der Waals surface area contributed by atoms with E-state index in [1.807, 2.05) is 37.3 Å². The first kappa shape index (κ1) is 29.6. The molecule has 0 saturated heterocycles. The number of hydrogen-bond acceptors (Lipinski definition) is 4. The van der Waals surface area contributed by atoms with E-state index in [1.54, 1.807) is 36.4 Å². The van der Waals surface area contributed by atoms with Gasteiger partial charge in [-0.3, -0.25) is 13.9 Å². The molecule has 3 rings (SSSR count). The lowest BCUT2D eigenvalue weighted by Gasteiger charge is -2.33. The van der Waals surface area contributed by atoms with Crippen molar-refractivity contribution >= 4 is 50.1 Å². The highest BCUT2D eigenvalue weighted by Crippen LogP contribution is 2.21. The van der Waals surface area contributed by atoms with Gasteiger partial charge in [-0.2, -0.15) is 0 Å². The first-order valence-corrected chi connectivity index (χ1v) is 15.1. The molecule has 0 bridgehead atoms. The molecule has 10 heteroatoms. The van der Waals surface area contributed by atoms with Crippen molar-refractivity contribution in [1.82, 2.24) is 10.2 Å². The first-order valence-electron chi connectivity index (χ1n) is 12.2. The van der Waals surface area contributed by atoms with Crippen LogP contribution in [-0.4, -0.2) is 50.5 Å². The maximum atomic E-state index is 13.9. The third-order valence-corrected chi connectivity index (χ3v) is 7.74. The van der Waals surface area contributed by atoms with Crippen LogP contribution in [0.4, 0.5) is 10.1 Å². The van der Waals surface area contributed by atoms with Gasteiger partial charge in [-0.15, -0.1) is 0 Å². The van der Waals surface area contributed by atoms with Gasteiger partial charge < -0.3 is 10.2 Å². The largest absolute Gasteiger partial charge is 0.354 e. The van der Waals surface area contributed by atoms with Gasteiger partial charge in [0.25, 0.3) is 0 Å². The van der Waals surface area contributed by atoms with Gasteiger partial charge in [0.2, 0.25) is 21.8 Å².